The van der Waals surface area contributed by atoms with E-state index in [2.05, 4.69) is 20.5 Å². The third-order valence-corrected chi connectivity index (χ3v) is 4.43. The molecule has 3 heterocycles. The number of hydrogen-bond donors (Lipinski definition) is 2. The average Bonchev–Trinajstić information content (AvgIpc) is 3.03. The fourth-order valence-electron chi connectivity index (χ4n) is 3.26. The van der Waals surface area contributed by atoms with Gasteiger partial charge in [0.15, 0.2) is 0 Å². The highest BCUT2D eigenvalue weighted by Gasteiger charge is 2.37. The van der Waals surface area contributed by atoms with E-state index in [0.717, 1.165) is 13.0 Å². The van der Waals surface area contributed by atoms with Crippen molar-refractivity contribution in [3.05, 3.63) is 22.8 Å². The van der Waals surface area contributed by atoms with Gasteiger partial charge in [0.1, 0.15) is 11.0 Å². The van der Waals surface area contributed by atoms with E-state index in [-0.39, 0.29) is 11.9 Å². The van der Waals surface area contributed by atoms with Gasteiger partial charge in [-0.25, -0.2) is 4.98 Å². The number of aromatic nitrogens is 1. The molecule has 0 saturated carbocycles. The smallest absolute Gasteiger partial charge is 0.251 e. The van der Waals surface area contributed by atoms with Gasteiger partial charge in [-0.2, -0.15) is 0 Å². The molecule has 2 aliphatic rings. The summed E-state index contributed by atoms with van der Waals surface area (Å²) in [5.41, 5.74) is 0.561. The van der Waals surface area contributed by atoms with Gasteiger partial charge >= 0.3 is 0 Å². The Labute approximate surface area is 123 Å². The van der Waals surface area contributed by atoms with Crippen LogP contribution in [-0.4, -0.2) is 48.0 Å². The summed E-state index contributed by atoms with van der Waals surface area (Å²) in [6.07, 6.45) is 3.46. The Hall–Kier alpha value is -1.33. The van der Waals surface area contributed by atoms with Gasteiger partial charge in [-0.05, 0) is 37.9 Å². The molecule has 2 N–H and O–H groups in total. The van der Waals surface area contributed by atoms with E-state index in [9.17, 15) is 4.79 Å². The molecule has 0 aliphatic carbocycles. The highest BCUT2D eigenvalue weighted by molar-refractivity contribution is 6.29. The molecule has 1 aromatic rings. The molecule has 0 bridgehead atoms. The van der Waals surface area contributed by atoms with Crippen molar-refractivity contribution in [3.63, 3.8) is 0 Å². The molecule has 6 heteroatoms. The van der Waals surface area contributed by atoms with Gasteiger partial charge in [0, 0.05) is 31.2 Å². The lowest BCUT2D eigenvalue weighted by Crippen LogP contribution is -2.42. The zero-order valence-electron chi connectivity index (χ0n) is 11.5. The Bertz CT molecular complexity index is 522. The van der Waals surface area contributed by atoms with Crippen molar-refractivity contribution in [3.8, 4) is 0 Å². The van der Waals surface area contributed by atoms with Crippen LogP contribution < -0.4 is 10.6 Å². The van der Waals surface area contributed by atoms with Gasteiger partial charge < -0.3 is 10.6 Å². The molecule has 2 atom stereocenters. The van der Waals surface area contributed by atoms with Crippen LogP contribution in [0.1, 0.15) is 29.6 Å². The van der Waals surface area contributed by atoms with Crippen LogP contribution in [0.4, 0.5) is 5.82 Å². The van der Waals surface area contributed by atoms with Crippen LogP contribution in [-0.2, 0) is 0 Å². The number of pyridine rings is 1. The molecule has 3 rings (SSSR count). The van der Waals surface area contributed by atoms with Gasteiger partial charge in [-0.3, -0.25) is 9.69 Å². The summed E-state index contributed by atoms with van der Waals surface area (Å²) in [7, 11) is 1.76. The molecule has 2 fully saturated rings. The summed E-state index contributed by atoms with van der Waals surface area (Å²) in [6.45, 7) is 2.26. The van der Waals surface area contributed by atoms with Crippen molar-refractivity contribution in [2.75, 3.05) is 25.5 Å². The first-order valence-electron chi connectivity index (χ1n) is 7.07. The predicted molar refractivity (Wildman–Crippen MR) is 79.3 cm³/mol. The first kappa shape index (κ1) is 13.6. The van der Waals surface area contributed by atoms with E-state index < -0.39 is 0 Å². The van der Waals surface area contributed by atoms with E-state index in [1.165, 1.54) is 19.4 Å². The molecule has 0 spiro atoms. The van der Waals surface area contributed by atoms with E-state index >= 15 is 0 Å². The molecule has 2 unspecified atom stereocenters. The summed E-state index contributed by atoms with van der Waals surface area (Å²) in [6, 6.07) is 4.11. The molecule has 108 valence electrons. The maximum absolute atomic E-state index is 12.4. The average molecular weight is 295 g/mol. The summed E-state index contributed by atoms with van der Waals surface area (Å²) in [4.78, 5) is 18.9. The van der Waals surface area contributed by atoms with Crippen molar-refractivity contribution >= 4 is 23.3 Å². The molecular weight excluding hydrogens is 276 g/mol. The summed E-state index contributed by atoms with van der Waals surface area (Å²) < 4.78 is 0. The Balaban J connectivity index is 1.71. The topological polar surface area (TPSA) is 57.3 Å². The maximum Gasteiger partial charge on any atom is 0.251 e. The highest BCUT2D eigenvalue weighted by Crippen LogP contribution is 2.28. The van der Waals surface area contributed by atoms with Gasteiger partial charge in [0.05, 0.1) is 0 Å². The fraction of sp³-hybridized carbons (Fsp3) is 0.571. The third kappa shape index (κ3) is 2.60. The molecular formula is C14H19ClN4O. The van der Waals surface area contributed by atoms with Crippen LogP contribution in [0.3, 0.4) is 0 Å². The van der Waals surface area contributed by atoms with Gasteiger partial charge in [-0.15, -0.1) is 0 Å². The van der Waals surface area contributed by atoms with Gasteiger partial charge in [0.2, 0.25) is 0 Å². The molecule has 2 saturated heterocycles. The maximum atomic E-state index is 12.4. The lowest BCUT2D eigenvalue weighted by atomic mass is 10.1. The van der Waals surface area contributed by atoms with Crippen molar-refractivity contribution < 1.29 is 4.79 Å². The van der Waals surface area contributed by atoms with Crippen molar-refractivity contribution in [2.24, 2.45) is 0 Å². The van der Waals surface area contributed by atoms with Gasteiger partial charge in [-0.1, -0.05) is 11.6 Å². The molecule has 1 amide bonds. The lowest BCUT2D eigenvalue weighted by molar-refractivity contribution is 0.0929. The number of anilines is 1. The number of carbonyl (C=O) groups excluding carboxylic acids is 1. The largest absolute Gasteiger partial charge is 0.373 e. The third-order valence-electron chi connectivity index (χ3n) is 4.23. The first-order valence-corrected chi connectivity index (χ1v) is 7.45. The van der Waals surface area contributed by atoms with Crippen LogP contribution in [0.2, 0.25) is 5.15 Å². The monoisotopic (exact) mass is 294 g/mol. The fourth-order valence-corrected chi connectivity index (χ4v) is 3.47. The Morgan fingerprint density at radius 3 is 3.05 bits per heavy atom. The van der Waals surface area contributed by atoms with Crippen molar-refractivity contribution in [1.82, 2.24) is 15.2 Å². The van der Waals surface area contributed by atoms with Crippen molar-refractivity contribution in [1.29, 1.82) is 0 Å². The van der Waals surface area contributed by atoms with E-state index in [1.807, 2.05) is 0 Å². The lowest BCUT2D eigenvalue weighted by Gasteiger charge is -2.21. The van der Waals surface area contributed by atoms with Crippen LogP contribution in [0, 0.1) is 0 Å². The minimum Gasteiger partial charge on any atom is -0.373 e. The van der Waals surface area contributed by atoms with E-state index in [0.29, 0.717) is 22.6 Å². The second kappa shape index (κ2) is 5.58. The number of rotatable bonds is 3. The minimum absolute atomic E-state index is 0.0652. The Morgan fingerprint density at radius 1 is 1.40 bits per heavy atom. The number of carbonyl (C=O) groups is 1. The number of halogens is 1. The van der Waals surface area contributed by atoms with E-state index in [1.54, 1.807) is 19.2 Å². The second-order valence-electron chi connectivity index (χ2n) is 5.43. The van der Waals surface area contributed by atoms with Crippen LogP contribution in [0.5, 0.6) is 0 Å². The minimum atomic E-state index is -0.0652. The summed E-state index contributed by atoms with van der Waals surface area (Å²) >= 11 is 5.94. The number of fused-ring (bicyclic) bond motifs is 1. The van der Waals surface area contributed by atoms with Gasteiger partial charge in [0.25, 0.3) is 5.91 Å². The number of nitrogens with zero attached hydrogens (tertiary/aromatic N) is 2. The zero-order chi connectivity index (χ0) is 14.1. The number of nitrogens with one attached hydrogen (secondary N) is 2. The standard InChI is InChI=1S/C14H19ClN4O/c1-16-13-8-9(7-12(15)18-13)14(20)17-10-4-6-19-5-2-3-11(10)19/h7-8,10-11H,2-6H2,1H3,(H,16,18)(H,17,20). The van der Waals surface area contributed by atoms with Crippen LogP contribution >= 0.6 is 11.6 Å². The summed E-state index contributed by atoms with van der Waals surface area (Å²) in [5.74, 6) is 0.543. The molecule has 2 aliphatic heterocycles. The Morgan fingerprint density at radius 2 is 2.25 bits per heavy atom. The molecule has 5 nitrogen and oxygen atoms in total. The zero-order valence-corrected chi connectivity index (χ0v) is 12.3. The first-order chi connectivity index (χ1) is 9.67. The van der Waals surface area contributed by atoms with Crippen molar-refractivity contribution in [2.45, 2.75) is 31.3 Å². The number of hydrogen-bond acceptors (Lipinski definition) is 4. The predicted octanol–water partition coefficient (Wildman–Crippen LogP) is 1.74. The molecule has 20 heavy (non-hydrogen) atoms. The highest BCUT2D eigenvalue weighted by atomic mass is 35.5. The van der Waals surface area contributed by atoms with Crippen LogP contribution in [0.15, 0.2) is 12.1 Å². The SMILES string of the molecule is CNc1cc(C(=O)NC2CCN3CCCC23)cc(Cl)n1. The molecule has 0 radical (unpaired) electrons. The number of amides is 1. The summed E-state index contributed by atoms with van der Waals surface area (Å²) in [5, 5.41) is 6.39. The van der Waals surface area contributed by atoms with Crippen LogP contribution in [0.25, 0.3) is 0 Å². The normalized spacial score (nSPS) is 25.5. The molecule has 0 aromatic carbocycles. The van der Waals surface area contributed by atoms with E-state index in [4.69, 9.17) is 11.6 Å². The molecule has 1 aromatic heterocycles. The second-order valence-corrected chi connectivity index (χ2v) is 5.82. The Kier molecular flexibility index (Phi) is 3.81. The quantitative estimate of drug-likeness (QED) is 0.834.